The third kappa shape index (κ3) is 1.28. The molecule has 5 rings (SSSR count). The Morgan fingerprint density at radius 2 is 2.55 bits per heavy atom. The van der Waals surface area contributed by atoms with Crippen molar-refractivity contribution in [2.45, 2.75) is 36.5 Å². The molecule has 2 aliphatic heterocycles. The minimum atomic E-state index is -2.52. The first kappa shape index (κ1) is 7.37. The predicted octanol–water partition coefficient (Wildman–Crippen LogP) is 1.50. The van der Waals surface area contributed by atoms with Crippen molar-refractivity contribution >= 4 is 0 Å². The maximum absolute atomic E-state index is 8.97. The average molecular weight is 307 g/mol. The number of piperidine rings is 1. The molecule has 22 heavy (non-hydrogen) atoms. The van der Waals surface area contributed by atoms with Crippen LogP contribution in [-0.4, -0.2) is 50.3 Å². The fourth-order valence-electron chi connectivity index (χ4n) is 4.64. The van der Waals surface area contributed by atoms with Crippen molar-refractivity contribution in [1.82, 2.24) is 4.90 Å². The molecule has 2 aliphatic carbocycles. The summed E-state index contributed by atoms with van der Waals surface area (Å²) < 4.78 is 77.9. The lowest BCUT2D eigenvalue weighted by atomic mass is 9.53. The van der Waals surface area contributed by atoms with E-state index < -0.39 is 42.9 Å². The van der Waals surface area contributed by atoms with Gasteiger partial charge in [0.25, 0.3) is 0 Å². The van der Waals surface area contributed by atoms with Crippen molar-refractivity contribution in [3.8, 4) is 11.5 Å². The molecule has 2 bridgehead atoms. The third-order valence-corrected chi connectivity index (χ3v) is 5.54. The van der Waals surface area contributed by atoms with E-state index in [1.54, 1.807) is 12.2 Å². The molecule has 1 spiro atoms. The average Bonchev–Trinajstić information content (AvgIpc) is 2.99. The summed E-state index contributed by atoms with van der Waals surface area (Å²) >= 11 is 0. The molecule has 1 aromatic carbocycles. The number of aliphatic hydroxyl groups excluding tert-OH is 1. The Bertz CT molecular complexity index is 964. The summed E-state index contributed by atoms with van der Waals surface area (Å²) in [5, 5.41) is 4.90. The minimum absolute atomic E-state index is 0.0139. The van der Waals surface area contributed by atoms with Gasteiger partial charge >= 0.3 is 0 Å². The highest BCUT2D eigenvalue weighted by Crippen LogP contribution is 2.62. The van der Waals surface area contributed by atoms with Gasteiger partial charge in [0.15, 0.2) is 11.5 Å². The molecule has 4 aliphatic rings. The lowest BCUT2D eigenvalue weighted by molar-refractivity contribution is -0.0453. The van der Waals surface area contributed by atoms with Crippen LogP contribution in [0, 0.1) is 5.92 Å². The van der Waals surface area contributed by atoms with Gasteiger partial charge in [-0.2, -0.15) is 0 Å². The molecule has 2 heterocycles. The topological polar surface area (TPSA) is 41.9 Å². The van der Waals surface area contributed by atoms with Gasteiger partial charge in [-0.25, -0.2) is 0 Å². The van der Waals surface area contributed by atoms with Gasteiger partial charge in [0.2, 0.25) is 1.43 Å². The first-order chi connectivity index (χ1) is 14.0. The Balaban J connectivity index is 1.89. The molecule has 1 saturated heterocycles. The highest BCUT2D eigenvalue weighted by Gasteiger charge is 2.64. The lowest BCUT2D eigenvalue weighted by Gasteiger charge is -2.56. The molecular weight excluding hydrogens is 278 g/mol. The van der Waals surface area contributed by atoms with Gasteiger partial charge in [-0.15, -0.1) is 0 Å². The van der Waals surface area contributed by atoms with Crippen LogP contribution in [0.2, 0.25) is 0 Å². The van der Waals surface area contributed by atoms with E-state index in [4.69, 9.17) is 25.6 Å². The molecule has 0 radical (unpaired) electrons. The van der Waals surface area contributed by atoms with Crippen LogP contribution in [0.15, 0.2) is 24.2 Å². The van der Waals surface area contributed by atoms with Gasteiger partial charge in [0.05, 0.1) is 9.85 Å². The van der Waals surface area contributed by atoms with Crippen LogP contribution in [0.3, 0.4) is 0 Å². The summed E-state index contributed by atoms with van der Waals surface area (Å²) in [5.41, 5.74) is -0.409. The van der Waals surface area contributed by atoms with Gasteiger partial charge in [0, 0.05) is 29.8 Å². The largest absolute Gasteiger partial charge is 0.493 e. The van der Waals surface area contributed by atoms with Crippen molar-refractivity contribution in [1.29, 1.82) is 1.43 Å². The van der Waals surface area contributed by atoms with Crippen LogP contribution >= 0.6 is 0 Å². The molecule has 1 aromatic rings. The summed E-state index contributed by atoms with van der Waals surface area (Å²) in [5.74, 6) is -0.302. The standard InChI is InChI=1S/C18H21NO3/c1-19-8-7-18-11-4-5-13(20)17(18)22-16-14(21-2)6-3-10(15(16)18)9-12(11)19/h3-6,11-13,17,20H,7-9H2,1-2H3/t11-,12+,13?,17?,18-/m0/s1/i1D3,3D,6D,9D2,20D. The van der Waals surface area contributed by atoms with Gasteiger partial charge in [0.1, 0.15) is 12.2 Å². The van der Waals surface area contributed by atoms with Crippen LogP contribution in [-0.2, 0) is 11.8 Å². The first-order valence-electron chi connectivity index (χ1n) is 11.4. The normalized spacial score (nSPS) is 49.1. The van der Waals surface area contributed by atoms with Gasteiger partial charge < -0.3 is 19.5 Å². The lowest BCUT2D eigenvalue weighted by Crippen LogP contribution is -2.64. The molecule has 0 amide bonds. The van der Waals surface area contributed by atoms with Crippen LogP contribution in [0.25, 0.3) is 0 Å². The number of hydrogen-bond donors (Lipinski definition) is 1. The van der Waals surface area contributed by atoms with Crippen LogP contribution < -0.4 is 9.47 Å². The molecule has 0 aromatic heterocycles. The zero-order valence-electron chi connectivity index (χ0n) is 20.1. The van der Waals surface area contributed by atoms with E-state index in [2.05, 4.69) is 0 Å². The molecule has 5 atom stereocenters. The number of likely N-dealkylation sites (tertiary alicyclic amines) is 1. The number of ether oxygens (including phenoxy) is 2. The maximum Gasteiger partial charge on any atom is 0.211 e. The van der Waals surface area contributed by atoms with Crippen molar-refractivity contribution < 1.29 is 24.2 Å². The second-order valence-electron chi connectivity index (χ2n) is 6.35. The molecule has 0 saturated carbocycles. The highest BCUT2D eigenvalue weighted by molar-refractivity contribution is 5.62. The van der Waals surface area contributed by atoms with Gasteiger partial charge in [-0.3, -0.25) is 0 Å². The van der Waals surface area contributed by atoms with Gasteiger partial charge in [-0.1, -0.05) is 18.2 Å². The fourth-order valence-corrected chi connectivity index (χ4v) is 4.64. The number of aliphatic hydroxyl groups is 1. The zero-order chi connectivity index (χ0) is 21.8. The number of nitrogens with zero attached hydrogens (tertiary/aromatic N) is 1. The van der Waals surface area contributed by atoms with E-state index in [0.717, 1.165) is 0 Å². The van der Waals surface area contributed by atoms with Crippen LogP contribution in [0.1, 0.15) is 27.1 Å². The molecular formula is C18H21NO3. The first-order valence-corrected chi connectivity index (χ1v) is 7.47. The molecule has 116 valence electrons. The third-order valence-electron chi connectivity index (χ3n) is 5.54. The van der Waals surface area contributed by atoms with Gasteiger partial charge in [-0.05, 0) is 37.9 Å². The highest BCUT2D eigenvalue weighted by atomic mass is 16.5. The maximum atomic E-state index is 8.97. The van der Waals surface area contributed by atoms with E-state index in [9.17, 15) is 0 Å². The fraction of sp³-hybridized carbons (Fsp3) is 0.556. The molecule has 4 nitrogen and oxygen atoms in total. The Kier molecular flexibility index (Phi) is 1.36. The quantitative estimate of drug-likeness (QED) is 0.841. The van der Waals surface area contributed by atoms with Crippen LogP contribution in [0.4, 0.5) is 0 Å². The Morgan fingerprint density at radius 1 is 1.59 bits per heavy atom. The molecule has 1 N–H and O–H groups in total. The van der Waals surface area contributed by atoms with Crippen molar-refractivity contribution in [2.75, 3.05) is 20.6 Å². The molecule has 2 unspecified atom stereocenters. The number of hydrogen-bond acceptors (Lipinski definition) is 4. The predicted molar refractivity (Wildman–Crippen MR) is 82.5 cm³/mol. The summed E-state index contributed by atoms with van der Waals surface area (Å²) in [6.45, 7) is -2.42. The SMILES string of the molecule is [2H]OC1C=C[C@H]2[C@@H]3N(C([2H])([2H])[2H])CC[C@@]24c2c(c(OC)c([2H])c([2H])c2C3([2H])[2H])OC14. The van der Waals surface area contributed by atoms with E-state index in [1.807, 2.05) is 0 Å². The summed E-state index contributed by atoms with van der Waals surface area (Å²) in [7, 11) is 1.37. The van der Waals surface area contributed by atoms with E-state index in [0.29, 0.717) is 12.0 Å². The second-order valence-corrected chi connectivity index (χ2v) is 6.35. The van der Waals surface area contributed by atoms with E-state index >= 15 is 0 Å². The Hall–Kier alpha value is -1.52. The Labute approximate surface area is 141 Å². The van der Waals surface area contributed by atoms with E-state index in [1.165, 1.54) is 12.0 Å². The zero-order valence-corrected chi connectivity index (χ0v) is 12.1. The van der Waals surface area contributed by atoms with Crippen molar-refractivity contribution in [2.24, 2.45) is 5.92 Å². The second kappa shape index (κ2) is 4.06. The summed E-state index contributed by atoms with van der Waals surface area (Å²) in [6.07, 6.45) is 0.0206. The summed E-state index contributed by atoms with van der Waals surface area (Å²) in [6, 6.07) is -1.71. The van der Waals surface area contributed by atoms with Crippen LogP contribution in [0.5, 0.6) is 11.5 Å². The monoisotopic (exact) mass is 307 g/mol. The number of likely N-dealkylation sites (N-methyl/N-ethyl adjacent to an activating group) is 1. The number of methoxy groups -OCH3 is 1. The molecule has 1 fully saturated rings. The number of benzene rings is 1. The van der Waals surface area contributed by atoms with Crippen molar-refractivity contribution in [3.63, 3.8) is 0 Å². The minimum Gasteiger partial charge on any atom is -0.493 e. The van der Waals surface area contributed by atoms with E-state index in [-0.39, 0.29) is 35.7 Å². The Morgan fingerprint density at radius 3 is 3.36 bits per heavy atom. The summed E-state index contributed by atoms with van der Waals surface area (Å²) in [4.78, 5) is 1.19. The molecule has 4 heteroatoms. The van der Waals surface area contributed by atoms with Crippen molar-refractivity contribution in [3.05, 3.63) is 35.4 Å². The smallest absolute Gasteiger partial charge is 0.211 e. The number of rotatable bonds is 2.